The molecule has 8 heteroatoms. The summed E-state index contributed by atoms with van der Waals surface area (Å²) in [6.07, 6.45) is 2.75. The van der Waals surface area contributed by atoms with E-state index < -0.39 is 16.0 Å². The van der Waals surface area contributed by atoms with E-state index in [2.05, 4.69) is 28.3 Å². The molecule has 1 N–H and O–H groups in total. The van der Waals surface area contributed by atoms with Gasteiger partial charge < -0.3 is 4.74 Å². The molecule has 0 spiro atoms. The standard InChI is InChI=1S/C13H20N2O4S2/c1-8-4-9(2)6-10(5-8)15-21(17,18)13-11(12(16)19-3)14-7-20-13/h7-10,15H,4-6H2,1-3H3. The van der Waals surface area contributed by atoms with Gasteiger partial charge in [-0.1, -0.05) is 13.8 Å². The van der Waals surface area contributed by atoms with Gasteiger partial charge in [-0.2, -0.15) is 0 Å². The first-order chi connectivity index (χ1) is 9.83. The van der Waals surface area contributed by atoms with E-state index in [1.165, 1.54) is 12.6 Å². The van der Waals surface area contributed by atoms with Gasteiger partial charge in [-0.15, -0.1) is 11.3 Å². The van der Waals surface area contributed by atoms with Crippen molar-refractivity contribution >= 4 is 27.3 Å². The van der Waals surface area contributed by atoms with E-state index in [1.54, 1.807) is 0 Å². The van der Waals surface area contributed by atoms with E-state index in [1.807, 2.05) is 0 Å². The number of hydrogen-bond donors (Lipinski definition) is 1. The fraction of sp³-hybridized carbons (Fsp3) is 0.692. The van der Waals surface area contributed by atoms with Crippen LogP contribution in [0, 0.1) is 11.8 Å². The van der Waals surface area contributed by atoms with Gasteiger partial charge in [0.05, 0.1) is 12.6 Å². The molecule has 0 saturated heterocycles. The Labute approximate surface area is 129 Å². The van der Waals surface area contributed by atoms with E-state index >= 15 is 0 Å². The van der Waals surface area contributed by atoms with Crippen LogP contribution >= 0.6 is 11.3 Å². The maximum absolute atomic E-state index is 12.5. The fourth-order valence-electron chi connectivity index (χ4n) is 2.97. The number of ether oxygens (including phenoxy) is 1. The Kier molecular flexibility index (Phi) is 5.00. The minimum absolute atomic E-state index is 0.0692. The summed E-state index contributed by atoms with van der Waals surface area (Å²) >= 11 is 0.928. The quantitative estimate of drug-likeness (QED) is 0.853. The summed E-state index contributed by atoms with van der Waals surface area (Å²) in [4.78, 5) is 15.4. The summed E-state index contributed by atoms with van der Waals surface area (Å²) in [6.45, 7) is 4.26. The minimum Gasteiger partial charge on any atom is -0.464 e. The lowest BCUT2D eigenvalue weighted by molar-refractivity contribution is 0.0590. The fourth-order valence-corrected chi connectivity index (χ4v) is 5.39. The van der Waals surface area contributed by atoms with Gasteiger partial charge >= 0.3 is 5.97 Å². The summed E-state index contributed by atoms with van der Waals surface area (Å²) in [5.41, 5.74) is 1.19. The molecule has 0 radical (unpaired) electrons. The summed E-state index contributed by atoms with van der Waals surface area (Å²) in [6, 6.07) is -0.0960. The molecule has 0 aromatic carbocycles. The average molecular weight is 332 g/mol. The Morgan fingerprint density at radius 1 is 1.33 bits per heavy atom. The Morgan fingerprint density at radius 2 is 1.95 bits per heavy atom. The molecular formula is C13H20N2O4S2. The lowest BCUT2D eigenvalue weighted by Gasteiger charge is -2.31. The highest BCUT2D eigenvalue weighted by Gasteiger charge is 2.31. The number of esters is 1. The number of sulfonamides is 1. The number of aromatic nitrogens is 1. The highest BCUT2D eigenvalue weighted by Crippen LogP contribution is 2.30. The normalized spacial score (nSPS) is 26.5. The second-order valence-corrected chi connectivity index (χ2v) is 8.48. The predicted octanol–water partition coefficient (Wildman–Crippen LogP) is 2.03. The van der Waals surface area contributed by atoms with Gasteiger partial charge in [0.2, 0.25) is 0 Å². The van der Waals surface area contributed by atoms with Crippen molar-refractivity contribution in [1.82, 2.24) is 9.71 Å². The van der Waals surface area contributed by atoms with Gasteiger partial charge in [0.15, 0.2) is 9.90 Å². The third-order valence-corrected chi connectivity index (χ3v) is 6.55. The predicted molar refractivity (Wildman–Crippen MR) is 79.7 cm³/mol. The molecule has 1 fully saturated rings. The van der Waals surface area contributed by atoms with Crippen LogP contribution in [0.25, 0.3) is 0 Å². The third-order valence-electron chi connectivity index (χ3n) is 3.66. The van der Waals surface area contributed by atoms with Crippen molar-refractivity contribution < 1.29 is 17.9 Å². The van der Waals surface area contributed by atoms with Crippen LogP contribution in [-0.2, 0) is 14.8 Å². The number of carbonyl (C=O) groups is 1. The molecule has 1 aromatic rings. The average Bonchev–Trinajstić information content (AvgIpc) is 2.85. The first-order valence-electron chi connectivity index (χ1n) is 6.87. The summed E-state index contributed by atoms with van der Waals surface area (Å²) in [5.74, 6) is 0.244. The molecular weight excluding hydrogens is 312 g/mol. The Bertz CT molecular complexity index is 601. The third kappa shape index (κ3) is 3.81. The minimum atomic E-state index is -3.74. The summed E-state index contributed by atoms with van der Waals surface area (Å²) < 4.78 is 32.1. The van der Waals surface area contributed by atoms with Gasteiger partial charge in [-0.25, -0.2) is 22.9 Å². The van der Waals surface area contributed by atoms with Gasteiger partial charge in [0.25, 0.3) is 10.0 Å². The molecule has 1 aliphatic rings. The van der Waals surface area contributed by atoms with Crippen molar-refractivity contribution in [2.45, 2.75) is 43.4 Å². The van der Waals surface area contributed by atoms with Crippen LogP contribution in [0.4, 0.5) is 0 Å². The van der Waals surface area contributed by atoms with E-state index in [0.717, 1.165) is 30.6 Å². The Morgan fingerprint density at radius 3 is 2.52 bits per heavy atom. The molecule has 2 atom stereocenters. The van der Waals surface area contributed by atoms with E-state index in [-0.39, 0.29) is 15.9 Å². The van der Waals surface area contributed by atoms with Crippen molar-refractivity contribution in [1.29, 1.82) is 0 Å². The van der Waals surface area contributed by atoms with Crippen LogP contribution in [0.5, 0.6) is 0 Å². The van der Waals surface area contributed by atoms with Crippen molar-refractivity contribution in [2.75, 3.05) is 7.11 Å². The van der Waals surface area contributed by atoms with Gasteiger partial charge in [-0.3, -0.25) is 0 Å². The summed E-state index contributed by atoms with van der Waals surface area (Å²) in [7, 11) is -2.54. The SMILES string of the molecule is COC(=O)c1ncsc1S(=O)(=O)NC1CC(C)CC(C)C1. The van der Waals surface area contributed by atoms with Crippen LogP contribution in [0.2, 0.25) is 0 Å². The number of nitrogens with zero attached hydrogens (tertiary/aromatic N) is 1. The van der Waals surface area contributed by atoms with Crippen LogP contribution in [-0.4, -0.2) is 32.5 Å². The molecule has 1 heterocycles. The van der Waals surface area contributed by atoms with E-state index in [4.69, 9.17) is 0 Å². The van der Waals surface area contributed by atoms with Crippen LogP contribution in [0.1, 0.15) is 43.6 Å². The number of thiazole rings is 1. The molecule has 1 aliphatic carbocycles. The Hall–Kier alpha value is -0.990. The first-order valence-corrected chi connectivity index (χ1v) is 9.24. The van der Waals surface area contributed by atoms with E-state index in [0.29, 0.717) is 11.8 Å². The van der Waals surface area contributed by atoms with Gasteiger partial charge in [0, 0.05) is 6.04 Å². The van der Waals surface area contributed by atoms with Crippen molar-refractivity contribution in [3.63, 3.8) is 0 Å². The second kappa shape index (κ2) is 6.41. The van der Waals surface area contributed by atoms with Crippen LogP contribution in [0.3, 0.4) is 0 Å². The first kappa shape index (κ1) is 16.4. The lowest BCUT2D eigenvalue weighted by atomic mass is 9.81. The van der Waals surface area contributed by atoms with E-state index in [9.17, 15) is 13.2 Å². The molecule has 2 unspecified atom stereocenters. The van der Waals surface area contributed by atoms with Gasteiger partial charge in [0.1, 0.15) is 0 Å². The topological polar surface area (TPSA) is 85.4 Å². The highest BCUT2D eigenvalue weighted by molar-refractivity contribution is 7.91. The molecule has 0 amide bonds. The van der Waals surface area contributed by atoms with Crippen molar-refractivity contribution in [3.8, 4) is 0 Å². The monoisotopic (exact) mass is 332 g/mol. The lowest BCUT2D eigenvalue weighted by Crippen LogP contribution is -2.40. The number of hydrogen-bond acceptors (Lipinski definition) is 6. The molecule has 0 bridgehead atoms. The molecule has 2 rings (SSSR count). The number of methoxy groups -OCH3 is 1. The van der Waals surface area contributed by atoms with Gasteiger partial charge in [-0.05, 0) is 31.1 Å². The van der Waals surface area contributed by atoms with Crippen LogP contribution in [0.15, 0.2) is 9.72 Å². The molecule has 0 aliphatic heterocycles. The molecule has 1 saturated carbocycles. The number of nitrogens with one attached hydrogen (secondary N) is 1. The highest BCUT2D eigenvalue weighted by atomic mass is 32.2. The second-order valence-electron chi connectivity index (χ2n) is 5.72. The maximum Gasteiger partial charge on any atom is 0.358 e. The molecule has 1 aromatic heterocycles. The molecule has 6 nitrogen and oxygen atoms in total. The zero-order chi connectivity index (χ0) is 15.6. The zero-order valence-corrected chi connectivity index (χ0v) is 14.0. The number of rotatable bonds is 4. The zero-order valence-electron chi connectivity index (χ0n) is 12.3. The maximum atomic E-state index is 12.5. The molecule has 21 heavy (non-hydrogen) atoms. The van der Waals surface area contributed by atoms with Crippen molar-refractivity contribution in [2.24, 2.45) is 11.8 Å². The number of carbonyl (C=O) groups excluding carboxylic acids is 1. The van der Waals surface area contributed by atoms with Crippen molar-refractivity contribution in [3.05, 3.63) is 11.2 Å². The van der Waals surface area contributed by atoms with Crippen LogP contribution < -0.4 is 4.72 Å². The largest absolute Gasteiger partial charge is 0.464 e. The summed E-state index contributed by atoms with van der Waals surface area (Å²) in [5, 5.41) is 0. The Balaban J connectivity index is 2.19. The smallest absolute Gasteiger partial charge is 0.358 e. The molecule has 118 valence electrons.